The summed E-state index contributed by atoms with van der Waals surface area (Å²) < 4.78 is 21.6. The van der Waals surface area contributed by atoms with Gasteiger partial charge in [-0.2, -0.15) is 0 Å². The summed E-state index contributed by atoms with van der Waals surface area (Å²) >= 11 is 0. The maximum absolute atomic E-state index is 12.7. The van der Waals surface area contributed by atoms with Crippen LogP contribution in [0.3, 0.4) is 0 Å². The summed E-state index contributed by atoms with van der Waals surface area (Å²) in [4.78, 5) is 12.7. The third kappa shape index (κ3) is 2.58. The van der Waals surface area contributed by atoms with Crippen molar-refractivity contribution in [2.45, 2.75) is 6.92 Å². The van der Waals surface area contributed by atoms with Crippen LogP contribution in [0.5, 0.6) is 23.0 Å². The van der Waals surface area contributed by atoms with E-state index in [1.165, 1.54) is 7.11 Å². The summed E-state index contributed by atoms with van der Waals surface area (Å²) in [6, 6.07) is 9.07. The van der Waals surface area contributed by atoms with Gasteiger partial charge in [0.15, 0.2) is 5.76 Å². The monoisotopic (exact) mass is 326 g/mol. The molecule has 3 rings (SSSR count). The van der Waals surface area contributed by atoms with Gasteiger partial charge < -0.3 is 18.9 Å². The Hall–Kier alpha value is -2.95. The molecule has 1 aliphatic heterocycles. The second kappa shape index (κ2) is 6.28. The minimum absolute atomic E-state index is 0.205. The molecule has 0 atom stereocenters. The molecule has 2 aromatic carbocycles. The molecule has 0 bridgehead atoms. The Morgan fingerprint density at radius 3 is 2.29 bits per heavy atom. The minimum Gasteiger partial charge on any atom is -0.497 e. The lowest BCUT2D eigenvalue weighted by molar-refractivity contribution is 0.101. The summed E-state index contributed by atoms with van der Waals surface area (Å²) in [5, 5.41) is 0. The minimum atomic E-state index is -0.205. The van der Waals surface area contributed by atoms with Crippen molar-refractivity contribution in [3.05, 3.63) is 52.8 Å². The van der Waals surface area contributed by atoms with Crippen LogP contribution < -0.4 is 18.9 Å². The predicted molar refractivity (Wildman–Crippen MR) is 90.2 cm³/mol. The van der Waals surface area contributed by atoms with Gasteiger partial charge in [0.2, 0.25) is 5.78 Å². The number of Topliss-reactive ketones (excluding diaryl/α,β-unsaturated/α-hetero) is 1. The van der Waals surface area contributed by atoms with Gasteiger partial charge in [0.1, 0.15) is 28.6 Å². The highest BCUT2D eigenvalue weighted by Gasteiger charge is 2.33. The highest BCUT2D eigenvalue weighted by molar-refractivity contribution is 6.16. The lowest BCUT2D eigenvalue weighted by Crippen LogP contribution is -2.01. The number of benzene rings is 2. The smallest absolute Gasteiger partial charge is 0.235 e. The van der Waals surface area contributed by atoms with Crippen molar-refractivity contribution >= 4 is 11.9 Å². The summed E-state index contributed by atoms with van der Waals surface area (Å²) in [5.41, 5.74) is 2.03. The molecule has 0 aliphatic carbocycles. The first kappa shape index (κ1) is 15.9. The zero-order valence-corrected chi connectivity index (χ0v) is 14.0. The van der Waals surface area contributed by atoms with Crippen LogP contribution in [0, 0.1) is 6.92 Å². The molecule has 0 radical (unpaired) electrons. The third-order valence-electron chi connectivity index (χ3n) is 3.95. The summed E-state index contributed by atoms with van der Waals surface area (Å²) in [5.74, 6) is 2.33. The fraction of sp³-hybridized carbons (Fsp3) is 0.211. The van der Waals surface area contributed by atoms with Crippen LogP contribution in [0.2, 0.25) is 0 Å². The molecule has 0 spiro atoms. The first-order valence-electron chi connectivity index (χ1n) is 7.43. The second-order valence-corrected chi connectivity index (χ2v) is 5.32. The van der Waals surface area contributed by atoms with E-state index in [-0.39, 0.29) is 11.5 Å². The van der Waals surface area contributed by atoms with Gasteiger partial charge in [0, 0.05) is 11.6 Å². The highest BCUT2D eigenvalue weighted by Crippen LogP contribution is 2.44. The summed E-state index contributed by atoms with van der Waals surface area (Å²) in [6.45, 7) is 1.84. The van der Waals surface area contributed by atoms with Crippen LogP contribution in [-0.2, 0) is 0 Å². The molecule has 5 nitrogen and oxygen atoms in total. The molecule has 0 aromatic heterocycles. The molecular formula is C19H18O5. The number of hydrogen-bond donors (Lipinski definition) is 0. The maximum atomic E-state index is 12.7. The number of rotatable bonds is 4. The van der Waals surface area contributed by atoms with Crippen molar-refractivity contribution in [3.63, 3.8) is 0 Å². The van der Waals surface area contributed by atoms with Gasteiger partial charge >= 0.3 is 0 Å². The van der Waals surface area contributed by atoms with Crippen molar-refractivity contribution in [1.82, 2.24) is 0 Å². The average molecular weight is 326 g/mol. The fourth-order valence-corrected chi connectivity index (χ4v) is 2.71. The number of allylic oxidation sites excluding steroid dienone is 1. The van der Waals surface area contributed by atoms with Gasteiger partial charge in [0.25, 0.3) is 0 Å². The molecule has 0 N–H and O–H groups in total. The van der Waals surface area contributed by atoms with E-state index in [2.05, 4.69) is 0 Å². The normalized spacial score (nSPS) is 14.3. The van der Waals surface area contributed by atoms with E-state index in [1.54, 1.807) is 26.4 Å². The van der Waals surface area contributed by atoms with Gasteiger partial charge in [-0.15, -0.1) is 0 Å². The molecular weight excluding hydrogens is 308 g/mol. The van der Waals surface area contributed by atoms with Gasteiger partial charge in [-0.05, 0) is 30.7 Å². The Kier molecular flexibility index (Phi) is 4.16. The standard InChI is InChI=1S/C19H18O5/c1-11-14(22-3)10-15-17(19(11)23-4)18(20)16(24-15)9-12-5-7-13(21-2)8-6-12/h5-10H,1-4H3. The number of ketones is 1. The van der Waals surface area contributed by atoms with Crippen molar-refractivity contribution in [1.29, 1.82) is 0 Å². The number of fused-ring (bicyclic) bond motifs is 1. The molecule has 24 heavy (non-hydrogen) atoms. The Bertz CT molecular complexity index is 819. The molecule has 0 fully saturated rings. The Morgan fingerprint density at radius 1 is 1.00 bits per heavy atom. The van der Waals surface area contributed by atoms with Crippen LogP contribution >= 0.6 is 0 Å². The molecule has 0 amide bonds. The summed E-state index contributed by atoms with van der Waals surface area (Å²) in [7, 11) is 4.70. The highest BCUT2D eigenvalue weighted by atomic mass is 16.5. The quantitative estimate of drug-likeness (QED) is 0.803. The number of carbonyl (C=O) groups is 1. The fourth-order valence-electron chi connectivity index (χ4n) is 2.71. The first-order chi connectivity index (χ1) is 11.6. The van der Waals surface area contributed by atoms with Gasteiger partial charge in [-0.1, -0.05) is 12.1 Å². The molecule has 0 saturated carbocycles. The SMILES string of the molecule is COc1ccc(C=C2Oc3cc(OC)c(C)c(OC)c3C2=O)cc1. The van der Waals surface area contributed by atoms with Crippen molar-refractivity contribution in [2.75, 3.05) is 21.3 Å². The zero-order valence-electron chi connectivity index (χ0n) is 14.0. The number of hydrogen-bond acceptors (Lipinski definition) is 5. The lowest BCUT2D eigenvalue weighted by Gasteiger charge is -2.12. The first-order valence-corrected chi connectivity index (χ1v) is 7.43. The van der Waals surface area contributed by atoms with Crippen molar-refractivity contribution < 1.29 is 23.7 Å². The van der Waals surface area contributed by atoms with Crippen LogP contribution in [0.1, 0.15) is 21.5 Å². The van der Waals surface area contributed by atoms with Gasteiger partial charge in [-0.3, -0.25) is 4.79 Å². The van der Waals surface area contributed by atoms with Crippen molar-refractivity contribution in [3.8, 4) is 23.0 Å². The average Bonchev–Trinajstić information content (AvgIpc) is 2.91. The zero-order chi connectivity index (χ0) is 17.3. The van der Waals surface area contributed by atoms with E-state index in [4.69, 9.17) is 18.9 Å². The number of ether oxygens (including phenoxy) is 4. The Labute approximate surface area is 140 Å². The Balaban J connectivity index is 2.02. The van der Waals surface area contributed by atoms with Crippen LogP contribution in [0.4, 0.5) is 0 Å². The predicted octanol–water partition coefficient (Wildman–Crippen LogP) is 3.64. The van der Waals surface area contributed by atoms with Crippen LogP contribution in [0.15, 0.2) is 36.1 Å². The maximum Gasteiger partial charge on any atom is 0.235 e. The van der Waals surface area contributed by atoms with E-state index in [9.17, 15) is 4.79 Å². The van der Waals surface area contributed by atoms with E-state index in [1.807, 2.05) is 31.2 Å². The molecule has 2 aromatic rings. The molecule has 1 aliphatic rings. The Morgan fingerprint density at radius 2 is 1.71 bits per heavy atom. The van der Waals surface area contributed by atoms with E-state index >= 15 is 0 Å². The molecule has 0 saturated heterocycles. The molecule has 0 unspecified atom stereocenters. The number of carbonyl (C=O) groups excluding carboxylic acids is 1. The second-order valence-electron chi connectivity index (χ2n) is 5.32. The van der Waals surface area contributed by atoms with E-state index in [0.717, 1.165) is 16.9 Å². The van der Waals surface area contributed by atoms with Crippen LogP contribution in [0.25, 0.3) is 6.08 Å². The van der Waals surface area contributed by atoms with E-state index in [0.29, 0.717) is 22.8 Å². The van der Waals surface area contributed by atoms with Crippen molar-refractivity contribution in [2.24, 2.45) is 0 Å². The van der Waals surface area contributed by atoms with Gasteiger partial charge in [-0.25, -0.2) is 0 Å². The van der Waals surface area contributed by atoms with Crippen LogP contribution in [-0.4, -0.2) is 27.1 Å². The summed E-state index contributed by atoms with van der Waals surface area (Å²) in [6.07, 6.45) is 1.70. The van der Waals surface area contributed by atoms with Gasteiger partial charge in [0.05, 0.1) is 21.3 Å². The molecule has 1 heterocycles. The topological polar surface area (TPSA) is 54.0 Å². The number of methoxy groups -OCH3 is 3. The largest absolute Gasteiger partial charge is 0.497 e. The molecule has 124 valence electrons. The molecule has 5 heteroatoms. The third-order valence-corrected chi connectivity index (χ3v) is 3.95. The van der Waals surface area contributed by atoms with E-state index < -0.39 is 0 Å². The lowest BCUT2D eigenvalue weighted by atomic mass is 10.0.